The molecule has 1 amide bonds. The van der Waals surface area contributed by atoms with Crippen LogP contribution in [0.25, 0.3) is 0 Å². The van der Waals surface area contributed by atoms with Crippen LogP contribution in [0.2, 0.25) is 0 Å². The molecule has 44 heavy (non-hydrogen) atoms. The summed E-state index contributed by atoms with van der Waals surface area (Å²) < 4.78 is 15.3. The number of aryl methyl sites for hydroxylation is 2. The van der Waals surface area contributed by atoms with Crippen LogP contribution < -0.4 is 15.5 Å². The number of carbonyl (C=O) groups is 1. The molecule has 3 aliphatic rings. The highest BCUT2D eigenvalue weighted by Crippen LogP contribution is 2.35. The maximum Gasteiger partial charge on any atom is 0.230 e. The molecule has 3 saturated heterocycles. The molecule has 3 aromatic carbocycles. The van der Waals surface area contributed by atoms with E-state index in [-0.39, 0.29) is 11.8 Å². The minimum absolute atomic E-state index is 0.0399. The Kier molecular flexibility index (Phi) is 8.94. The Balaban J connectivity index is 1.05. The van der Waals surface area contributed by atoms with Crippen LogP contribution in [0.4, 0.5) is 21.5 Å². The lowest BCUT2D eigenvalue weighted by molar-refractivity contribution is -0.130. The number of amides is 1. The quantitative estimate of drug-likeness (QED) is 0.310. The van der Waals surface area contributed by atoms with Crippen LogP contribution in [0.3, 0.4) is 0 Å². The molecular weight excluding hydrogens is 549 g/mol. The normalized spacial score (nSPS) is 22.1. The second-order valence-corrected chi connectivity index (χ2v) is 12.7. The summed E-state index contributed by atoms with van der Waals surface area (Å²) in [6.45, 7) is 13.2. The summed E-state index contributed by atoms with van der Waals surface area (Å²) in [6.07, 6.45) is 3.55. The molecule has 2 unspecified atom stereocenters. The maximum atomic E-state index is 15.3. The molecule has 3 fully saturated rings. The van der Waals surface area contributed by atoms with Gasteiger partial charge in [-0.15, -0.1) is 0 Å². The van der Waals surface area contributed by atoms with Crippen molar-refractivity contribution < 1.29 is 9.18 Å². The average molecular weight is 596 g/mol. The van der Waals surface area contributed by atoms with Crippen LogP contribution >= 0.6 is 0 Å². The molecule has 0 spiro atoms. The maximum absolute atomic E-state index is 15.3. The summed E-state index contributed by atoms with van der Waals surface area (Å²) in [4.78, 5) is 21.8. The van der Waals surface area contributed by atoms with E-state index in [9.17, 15) is 4.79 Å². The zero-order chi connectivity index (χ0) is 30.8. The number of rotatable bonds is 7. The van der Waals surface area contributed by atoms with Crippen LogP contribution in [0.5, 0.6) is 0 Å². The van der Waals surface area contributed by atoms with E-state index >= 15 is 4.39 Å². The van der Waals surface area contributed by atoms with Crippen molar-refractivity contribution in [1.82, 2.24) is 9.80 Å². The first kappa shape index (κ1) is 30.2. The second kappa shape index (κ2) is 13.0. The summed E-state index contributed by atoms with van der Waals surface area (Å²) in [5, 5.41) is 0. The van der Waals surface area contributed by atoms with Gasteiger partial charge in [-0.2, -0.15) is 0 Å². The van der Waals surface area contributed by atoms with Crippen LogP contribution in [0.15, 0.2) is 79.1 Å². The number of hydrogen-bond acceptors (Lipinski definition) is 5. The van der Waals surface area contributed by atoms with E-state index in [2.05, 4.69) is 77.6 Å². The Morgan fingerprint density at radius 1 is 0.909 bits per heavy atom. The van der Waals surface area contributed by atoms with Crippen molar-refractivity contribution >= 4 is 23.0 Å². The monoisotopic (exact) mass is 595 g/mol. The molecule has 2 N–H and O–H groups in total. The van der Waals surface area contributed by atoms with E-state index in [0.717, 1.165) is 73.6 Å². The van der Waals surface area contributed by atoms with Gasteiger partial charge in [0.1, 0.15) is 12.0 Å². The molecule has 0 bridgehead atoms. The number of nitrogens with zero attached hydrogens (tertiary/aromatic N) is 4. The first-order valence-electron chi connectivity index (χ1n) is 16.2. The summed E-state index contributed by atoms with van der Waals surface area (Å²) in [7, 11) is 0. The van der Waals surface area contributed by atoms with Crippen molar-refractivity contribution in [1.29, 1.82) is 0 Å². The summed E-state index contributed by atoms with van der Waals surface area (Å²) in [5.41, 5.74) is 13.5. The molecule has 7 heteroatoms. The minimum Gasteiger partial charge on any atom is -0.399 e. The Morgan fingerprint density at radius 3 is 2.27 bits per heavy atom. The lowest BCUT2D eigenvalue weighted by Gasteiger charge is -2.43. The van der Waals surface area contributed by atoms with Gasteiger partial charge >= 0.3 is 0 Å². The van der Waals surface area contributed by atoms with Gasteiger partial charge in [-0.1, -0.05) is 49.9 Å². The van der Waals surface area contributed by atoms with Gasteiger partial charge in [0.05, 0.1) is 6.54 Å². The van der Waals surface area contributed by atoms with Gasteiger partial charge in [-0.25, -0.2) is 4.39 Å². The fraction of sp³-hybridized carbons (Fsp3) is 0.432. The number of nitrogens with two attached hydrogens (primary N) is 1. The van der Waals surface area contributed by atoms with Gasteiger partial charge in [0, 0.05) is 61.6 Å². The number of benzene rings is 3. The number of anilines is 3. The number of likely N-dealkylation sites (tertiary alicyclic amines) is 1. The molecule has 3 heterocycles. The largest absolute Gasteiger partial charge is 0.399 e. The van der Waals surface area contributed by atoms with Crippen LogP contribution in [-0.2, 0) is 17.8 Å². The molecule has 0 aromatic heterocycles. The predicted molar refractivity (Wildman–Crippen MR) is 179 cm³/mol. The van der Waals surface area contributed by atoms with Gasteiger partial charge in [-0.05, 0) is 91.7 Å². The van der Waals surface area contributed by atoms with Crippen LogP contribution in [-0.4, -0.2) is 60.6 Å². The SMILES string of the molecule is C=C1N(Cc2ccc(CC)cc2)C(=O)CCN1c1ccc(N2CCC(N3CCC(c4ccc(N)cc4)C(F)C3)CC2)cc1C. The Morgan fingerprint density at radius 2 is 1.61 bits per heavy atom. The van der Waals surface area contributed by atoms with Gasteiger partial charge in [0.2, 0.25) is 5.91 Å². The van der Waals surface area contributed by atoms with Gasteiger partial charge in [0.15, 0.2) is 0 Å². The number of piperidine rings is 2. The van der Waals surface area contributed by atoms with E-state index in [1.165, 1.54) is 16.8 Å². The number of nitrogen functional groups attached to an aromatic ring is 1. The fourth-order valence-electron chi connectivity index (χ4n) is 7.27. The van der Waals surface area contributed by atoms with Crippen LogP contribution in [0.1, 0.15) is 60.8 Å². The van der Waals surface area contributed by atoms with Crippen molar-refractivity contribution in [3.8, 4) is 0 Å². The highest BCUT2D eigenvalue weighted by atomic mass is 19.1. The summed E-state index contributed by atoms with van der Waals surface area (Å²) >= 11 is 0. The molecule has 0 saturated carbocycles. The molecule has 2 atom stereocenters. The third kappa shape index (κ3) is 6.34. The zero-order valence-electron chi connectivity index (χ0n) is 26.2. The lowest BCUT2D eigenvalue weighted by Crippen LogP contribution is -2.50. The average Bonchev–Trinajstić information content (AvgIpc) is 3.04. The van der Waals surface area contributed by atoms with Crippen molar-refractivity contribution in [3.05, 3.63) is 101 Å². The van der Waals surface area contributed by atoms with E-state index in [1.54, 1.807) is 0 Å². The predicted octanol–water partition coefficient (Wildman–Crippen LogP) is 6.65. The Bertz CT molecular complexity index is 1460. The highest BCUT2D eigenvalue weighted by molar-refractivity contribution is 5.82. The second-order valence-electron chi connectivity index (χ2n) is 12.7. The molecule has 3 aromatic rings. The standard InChI is InChI=1S/C37H46FN5O/c1-4-28-5-7-29(8-6-28)24-43-27(3)42(22-18-37(43)44)36-14-13-33(23-26(36)2)40-19-15-32(16-20-40)41-21-17-34(35(38)25-41)30-9-11-31(39)12-10-30/h5-14,23,32,34-35H,3-4,15-22,24-25,39H2,1-2H3. The van der Waals surface area contributed by atoms with Crippen LogP contribution in [0, 0.1) is 6.92 Å². The summed E-state index contributed by atoms with van der Waals surface area (Å²) in [6, 6.07) is 23.3. The van der Waals surface area contributed by atoms with Crippen molar-refractivity contribution in [2.45, 2.75) is 70.6 Å². The van der Waals surface area contributed by atoms with Crippen molar-refractivity contribution in [3.63, 3.8) is 0 Å². The third-order valence-electron chi connectivity index (χ3n) is 10.0. The van der Waals surface area contributed by atoms with Gasteiger partial charge in [-0.3, -0.25) is 14.6 Å². The van der Waals surface area contributed by atoms with E-state index in [1.807, 2.05) is 29.2 Å². The number of halogens is 1. The molecule has 6 rings (SSSR count). The first-order chi connectivity index (χ1) is 21.3. The van der Waals surface area contributed by atoms with Gasteiger partial charge < -0.3 is 15.5 Å². The number of hydrogen-bond donors (Lipinski definition) is 1. The topological polar surface area (TPSA) is 56.1 Å². The number of alkyl halides is 1. The molecule has 3 aliphatic heterocycles. The highest BCUT2D eigenvalue weighted by Gasteiger charge is 2.35. The smallest absolute Gasteiger partial charge is 0.230 e. The van der Waals surface area contributed by atoms with Crippen molar-refractivity contribution in [2.75, 3.05) is 48.3 Å². The zero-order valence-corrected chi connectivity index (χ0v) is 26.2. The van der Waals surface area contributed by atoms with Gasteiger partial charge in [0.25, 0.3) is 0 Å². The number of carbonyl (C=O) groups excluding carboxylic acids is 1. The van der Waals surface area contributed by atoms with E-state index in [0.29, 0.717) is 32.1 Å². The van der Waals surface area contributed by atoms with Crippen molar-refractivity contribution in [2.24, 2.45) is 0 Å². The van der Waals surface area contributed by atoms with E-state index < -0.39 is 6.17 Å². The molecule has 232 valence electrons. The Labute approximate surface area is 261 Å². The molecule has 0 radical (unpaired) electrons. The third-order valence-corrected chi connectivity index (χ3v) is 10.0. The Hall–Kier alpha value is -3.84. The van der Waals surface area contributed by atoms with E-state index in [4.69, 9.17) is 5.73 Å². The summed E-state index contributed by atoms with van der Waals surface area (Å²) in [5.74, 6) is 0.822. The fourth-order valence-corrected chi connectivity index (χ4v) is 7.27. The first-order valence-corrected chi connectivity index (χ1v) is 16.2. The molecular formula is C37H46FN5O. The minimum atomic E-state index is -0.849. The molecule has 6 nitrogen and oxygen atoms in total. The molecule has 0 aliphatic carbocycles. The lowest BCUT2D eigenvalue weighted by atomic mass is 9.86.